The SMILES string of the molecule is COCCN=C(NN)c1cccnc1C. The third-order valence-corrected chi connectivity index (χ3v) is 1.96. The first-order valence-corrected chi connectivity index (χ1v) is 4.71. The van der Waals surface area contributed by atoms with Gasteiger partial charge in [0.15, 0.2) is 0 Å². The van der Waals surface area contributed by atoms with Crippen LogP contribution in [0.15, 0.2) is 23.3 Å². The molecule has 0 unspecified atom stereocenters. The van der Waals surface area contributed by atoms with Gasteiger partial charge in [-0.2, -0.15) is 0 Å². The number of rotatable bonds is 4. The molecule has 15 heavy (non-hydrogen) atoms. The van der Waals surface area contributed by atoms with E-state index in [0.717, 1.165) is 11.3 Å². The normalized spacial score (nSPS) is 11.5. The van der Waals surface area contributed by atoms with Gasteiger partial charge in [-0.3, -0.25) is 9.98 Å². The van der Waals surface area contributed by atoms with Crippen molar-refractivity contribution >= 4 is 5.84 Å². The number of pyridine rings is 1. The Morgan fingerprint density at radius 2 is 2.47 bits per heavy atom. The van der Waals surface area contributed by atoms with E-state index in [-0.39, 0.29) is 0 Å². The number of aliphatic imine (C=N–C) groups is 1. The van der Waals surface area contributed by atoms with Crippen molar-refractivity contribution in [2.45, 2.75) is 6.92 Å². The number of methoxy groups -OCH3 is 1. The number of nitrogens with two attached hydrogens (primary N) is 1. The lowest BCUT2D eigenvalue weighted by Crippen LogP contribution is -2.32. The molecule has 0 aliphatic rings. The fourth-order valence-corrected chi connectivity index (χ4v) is 1.19. The molecule has 0 aliphatic carbocycles. The monoisotopic (exact) mass is 208 g/mol. The number of hydrazine groups is 1. The Morgan fingerprint density at radius 3 is 3.07 bits per heavy atom. The largest absolute Gasteiger partial charge is 0.383 e. The third-order valence-electron chi connectivity index (χ3n) is 1.96. The van der Waals surface area contributed by atoms with Crippen molar-refractivity contribution in [2.24, 2.45) is 10.8 Å². The molecule has 0 amide bonds. The highest BCUT2D eigenvalue weighted by Crippen LogP contribution is 2.03. The van der Waals surface area contributed by atoms with Crippen molar-refractivity contribution in [3.8, 4) is 0 Å². The Bertz CT molecular complexity index is 338. The standard InChI is InChI=1S/C10H16N4O/c1-8-9(4-3-5-12-8)10(14-11)13-6-7-15-2/h3-5H,6-7,11H2,1-2H3,(H,13,14). The quantitative estimate of drug-likeness (QED) is 0.244. The summed E-state index contributed by atoms with van der Waals surface area (Å²) >= 11 is 0. The Kier molecular flexibility index (Phi) is 4.73. The van der Waals surface area contributed by atoms with Crippen molar-refractivity contribution in [1.82, 2.24) is 10.4 Å². The van der Waals surface area contributed by atoms with Gasteiger partial charge < -0.3 is 10.2 Å². The lowest BCUT2D eigenvalue weighted by molar-refractivity contribution is 0.208. The summed E-state index contributed by atoms with van der Waals surface area (Å²) in [5, 5.41) is 0. The summed E-state index contributed by atoms with van der Waals surface area (Å²) in [4.78, 5) is 8.45. The van der Waals surface area contributed by atoms with Crippen molar-refractivity contribution in [2.75, 3.05) is 20.3 Å². The second kappa shape index (κ2) is 6.10. The maximum absolute atomic E-state index is 5.41. The summed E-state index contributed by atoms with van der Waals surface area (Å²) in [5.74, 6) is 6.04. The minimum absolute atomic E-state index is 0.574. The molecule has 1 heterocycles. The number of hydrogen-bond donors (Lipinski definition) is 2. The maximum Gasteiger partial charge on any atom is 0.144 e. The molecule has 0 fully saturated rings. The predicted octanol–water partition coefficient (Wildman–Crippen LogP) is 0.246. The maximum atomic E-state index is 5.41. The van der Waals surface area contributed by atoms with Gasteiger partial charge in [0.25, 0.3) is 0 Å². The van der Waals surface area contributed by atoms with E-state index in [2.05, 4.69) is 15.4 Å². The summed E-state index contributed by atoms with van der Waals surface area (Å²) in [6.07, 6.45) is 1.74. The van der Waals surface area contributed by atoms with Gasteiger partial charge in [-0.25, -0.2) is 5.84 Å². The van der Waals surface area contributed by atoms with Crippen LogP contribution in [0.5, 0.6) is 0 Å². The first-order valence-electron chi connectivity index (χ1n) is 4.71. The second-order valence-corrected chi connectivity index (χ2v) is 3.00. The minimum atomic E-state index is 0.574. The van der Waals surface area contributed by atoms with E-state index in [1.165, 1.54) is 0 Å². The van der Waals surface area contributed by atoms with Crippen LogP contribution in [0.1, 0.15) is 11.3 Å². The number of nitrogens with one attached hydrogen (secondary N) is 1. The van der Waals surface area contributed by atoms with E-state index >= 15 is 0 Å². The summed E-state index contributed by atoms with van der Waals surface area (Å²) in [5.41, 5.74) is 4.38. The first kappa shape index (κ1) is 11.6. The lowest BCUT2D eigenvalue weighted by atomic mass is 10.2. The van der Waals surface area contributed by atoms with E-state index in [9.17, 15) is 0 Å². The molecule has 1 rings (SSSR count). The number of aromatic nitrogens is 1. The fraction of sp³-hybridized carbons (Fsp3) is 0.400. The van der Waals surface area contributed by atoms with Crippen LogP contribution in [0.3, 0.4) is 0 Å². The molecule has 0 aromatic carbocycles. The molecule has 5 heteroatoms. The first-order chi connectivity index (χ1) is 7.29. The molecule has 0 saturated heterocycles. The van der Waals surface area contributed by atoms with Crippen molar-refractivity contribution in [3.63, 3.8) is 0 Å². The number of hydrogen-bond acceptors (Lipinski definition) is 4. The Hall–Kier alpha value is -1.46. The fourth-order valence-electron chi connectivity index (χ4n) is 1.19. The molecule has 0 bridgehead atoms. The van der Waals surface area contributed by atoms with Gasteiger partial charge >= 0.3 is 0 Å². The number of nitrogens with zero attached hydrogens (tertiary/aromatic N) is 2. The zero-order chi connectivity index (χ0) is 11.1. The summed E-state index contributed by atoms with van der Waals surface area (Å²) < 4.78 is 4.91. The van der Waals surface area contributed by atoms with E-state index in [1.807, 2.05) is 19.1 Å². The van der Waals surface area contributed by atoms with Gasteiger partial charge in [-0.05, 0) is 19.1 Å². The molecule has 3 N–H and O–H groups in total. The van der Waals surface area contributed by atoms with Crippen LogP contribution in [0.25, 0.3) is 0 Å². The zero-order valence-corrected chi connectivity index (χ0v) is 9.03. The zero-order valence-electron chi connectivity index (χ0n) is 9.03. The van der Waals surface area contributed by atoms with Crippen molar-refractivity contribution < 1.29 is 4.74 Å². The Morgan fingerprint density at radius 1 is 1.67 bits per heavy atom. The second-order valence-electron chi connectivity index (χ2n) is 3.00. The van der Waals surface area contributed by atoms with Crippen LogP contribution in [0, 0.1) is 6.92 Å². The molecule has 82 valence electrons. The van der Waals surface area contributed by atoms with Crippen molar-refractivity contribution in [1.29, 1.82) is 0 Å². The molecule has 0 saturated carbocycles. The molecule has 1 aromatic rings. The average molecular weight is 208 g/mol. The van der Waals surface area contributed by atoms with Crippen molar-refractivity contribution in [3.05, 3.63) is 29.6 Å². The van der Waals surface area contributed by atoms with E-state index < -0.39 is 0 Å². The molecule has 0 atom stereocenters. The highest BCUT2D eigenvalue weighted by Gasteiger charge is 2.04. The summed E-state index contributed by atoms with van der Waals surface area (Å²) in [6, 6.07) is 3.78. The summed E-state index contributed by atoms with van der Waals surface area (Å²) in [6.45, 7) is 3.06. The van der Waals surface area contributed by atoms with Crippen LogP contribution >= 0.6 is 0 Å². The van der Waals surface area contributed by atoms with Gasteiger partial charge in [0.1, 0.15) is 5.84 Å². The van der Waals surface area contributed by atoms with Gasteiger partial charge in [0, 0.05) is 24.6 Å². The number of aryl methyl sites for hydroxylation is 1. The molecule has 5 nitrogen and oxygen atoms in total. The molecular formula is C10H16N4O. The Labute approximate surface area is 89.3 Å². The van der Waals surface area contributed by atoms with Crippen LogP contribution < -0.4 is 11.3 Å². The molecule has 0 radical (unpaired) electrons. The Balaban J connectivity index is 2.83. The minimum Gasteiger partial charge on any atom is -0.383 e. The number of amidine groups is 1. The highest BCUT2D eigenvalue weighted by atomic mass is 16.5. The highest BCUT2D eigenvalue weighted by molar-refractivity contribution is 5.99. The van der Waals surface area contributed by atoms with Crippen LogP contribution in [-0.4, -0.2) is 31.1 Å². The predicted molar refractivity (Wildman–Crippen MR) is 59.6 cm³/mol. The molecule has 0 spiro atoms. The third kappa shape index (κ3) is 3.30. The topological polar surface area (TPSA) is 72.5 Å². The van der Waals surface area contributed by atoms with Crippen LogP contribution in [0.4, 0.5) is 0 Å². The van der Waals surface area contributed by atoms with Gasteiger partial charge in [0.2, 0.25) is 0 Å². The number of ether oxygens (including phenoxy) is 1. The smallest absolute Gasteiger partial charge is 0.144 e. The lowest BCUT2D eigenvalue weighted by Gasteiger charge is -2.07. The van der Waals surface area contributed by atoms with E-state index in [1.54, 1.807) is 13.3 Å². The van der Waals surface area contributed by atoms with Gasteiger partial charge in [-0.1, -0.05) is 0 Å². The van der Waals surface area contributed by atoms with Gasteiger partial charge in [-0.15, -0.1) is 0 Å². The van der Waals surface area contributed by atoms with Gasteiger partial charge in [0.05, 0.1) is 13.2 Å². The van der Waals surface area contributed by atoms with E-state index in [4.69, 9.17) is 10.6 Å². The molecule has 0 aliphatic heterocycles. The van der Waals surface area contributed by atoms with Crippen LogP contribution in [-0.2, 0) is 4.74 Å². The van der Waals surface area contributed by atoms with E-state index in [0.29, 0.717) is 19.0 Å². The average Bonchev–Trinajstić information content (AvgIpc) is 2.26. The summed E-state index contributed by atoms with van der Waals surface area (Å²) in [7, 11) is 1.64. The van der Waals surface area contributed by atoms with Crippen LogP contribution in [0.2, 0.25) is 0 Å². The molecular weight excluding hydrogens is 192 g/mol. The molecule has 1 aromatic heterocycles.